The van der Waals surface area contributed by atoms with Crippen LogP contribution in [0.25, 0.3) is 11.1 Å². The Labute approximate surface area is 160 Å². The number of halogens is 1. The minimum absolute atomic E-state index is 0.192. The van der Waals surface area contributed by atoms with Gasteiger partial charge in [-0.05, 0) is 49.8 Å². The summed E-state index contributed by atoms with van der Waals surface area (Å²) in [6.07, 6.45) is 7.93. The molecule has 3 rings (SSSR count). The highest BCUT2D eigenvalue weighted by atomic mass is 35.5. The van der Waals surface area contributed by atoms with Crippen molar-refractivity contribution in [1.82, 2.24) is 0 Å². The van der Waals surface area contributed by atoms with E-state index in [1.807, 2.05) is 62.5 Å². The van der Waals surface area contributed by atoms with E-state index in [0.717, 1.165) is 22.4 Å². The van der Waals surface area contributed by atoms with Crippen LogP contribution < -0.4 is 4.90 Å². The second-order valence-corrected chi connectivity index (χ2v) is 7.01. The summed E-state index contributed by atoms with van der Waals surface area (Å²) in [5, 5.41) is 0. The number of rotatable bonds is 3. The molecule has 1 atom stereocenters. The van der Waals surface area contributed by atoms with E-state index in [0.29, 0.717) is 0 Å². The molecule has 0 aliphatic carbocycles. The zero-order chi connectivity index (χ0) is 18.6. The van der Waals surface area contributed by atoms with Crippen molar-refractivity contribution in [2.24, 2.45) is 0 Å². The fraction of sp³-hybridized carbons (Fsp3) is 0.217. The smallest absolute Gasteiger partial charge is 0.127 e. The lowest BCUT2D eigenvalue weighted by Gasteiger charge is -2.28. The van der Waals surface area contributed by atoms with Crippen LogP contribution in [0.2, 0.25) is 0 Å². The predicted molar refractivity (Wildman–Crippen MR) is 110 cm³/mol. The second kappa shape index (κ2) is 7.83. The zero-order valence-electron chi connectivity index (χ0n) is 15.2. The fourth-order valence-electron chi connectivity index (χ4n) is 2.64. The van der Waals surface area contributed by atoms with Gasteiger partial charge in [-0.1, -0.05) is 59.8 Å². The van der Waals surface area contributed by atoms with Crippen molar-refractivity contribution in [1.29, 1.82) is 0 Å². The summed E-state index contributed by atoms with van der Waals surface area (Å²) in [6, 6.07) is 16.5. The highest BCUT2D eigenvalue weighted by Gasteiger charge is 2.17. The van der Waals surface area contributed by atoms with Gasteiger partial charge in [-0.25, -0.2) is 0 Å². The standard InChI is InChI=1S/C23H22ClNO/c1-23(2,26-3)16-15-18-11-13-19(14-12-18)20-8-4-5-9-21(20)25-17-7-6-10-22(25)24/h4-14,17,22H,1-3H3. The average molecular weight is 364 g/mol. The first-order valence-electron chi connectivity index (χ1n) is 8.55. The maximum absolute atomic E-state index is 6.46. The van der Waals surface area contributed by atoms with E-state index in [2.05, 4.69) is 41.0 Å². The van der Waals surface area contributed by atoms with Gasteiger partial charge in [0.05, 0.1) is 5.69 Å². The molecular weight excluding hydrogens is 342 g/mol. The topological polar surface area (TPSA) is 12.5 Å². The Hall–Kier alpha value is -2.47. The number of benzene rings is 2. The van der Waals surface area contributed by atoms with Gasteiger partial charge in [-0.3, -0.25) is 0 Å². The normalized spacial score (nSPS) is 16.3. The Morgan fingerprint density at radius 1 is 1.04 bits per heavy atom. The summed E-state index contributed by atoms with van der Waals surface area (Å²) in [5.74, 6) is 6.31. The SMILES string of the molecule is COC(C)(C)C#Cc1ccc(-c2ccccc2N2C=CC=CC2Cl)cc1. The molecule has 3 heteroatoms. The molecule has 2 aromatic rings. The van der Waals surface area contributed by atoms with E-state index in [4.69, 9.17) is 16.3 Å². The van der Waals surface area contributed by atoms with Gasteiger partial charge >= 0.3 is 0 Å². The third kappa shape index (κ3) is 4.19. The van der Waals surface area contributed by atoms with Crippen molar-refractivity contribution >= 4 is 17.3 Å². The average Bonchev–Trinajstić information content (AvgIpc) is 2.67. The molecule has 0 spiro atoms. The second-order valence-electron chi connectivity index (χ2n) is 6.57. The summed E-state index contributed by atoms with van der Waals surface area (Å²) in [6.45, 7) is 3.90. The van der Waals surface area contributed by atoms with E-state index in [-0.39, 0.29) is 5.50 Å². The molecule has 2 nitrogen and oxygen atoms in total. The van der Waals surface area contributed by atoms with Gasteiger partial charge in [0.25, 0.3) is 0 Å². The third-order valence-electron chi connectivity index (χ3n) is 4.29. The summed E-state index contributed by atoms with van der Waals surface area (Å²) < 4.78 is 5.34. The molecule has 0 N–H and O–H groups in total. The van der Waals surface area contributed by atoms with E-state index < -0.39 is 5.60 Å². The number of allylic oxidation sites excluding steroid dienone is 2. The molecule has 0 saturated heterocycles. The summed E-state index contributed by atoms with van der Waals surface area (Å²) in [5.41, 5.74) is 3.66. The molecule has 1 aliphatic rings. The van der Waals surface area contributed by atoms with Gasteiger partial charge in [0.2, 0.25) is 0 Å². The van der Waals surface area contributed by atoms with Gasteiger partial charge in [0.1, 0.15) is 11.1 Å². The lowest BCUT2D eigenvalue weighted by atomic mass is 10.0. The highest BCUT2D eigenvalue weighted by Crippen LogP contribution is 2.34. The Bertz CT molecular complexity index is 884. The molecule has 0 radical (unpaired) electrons. The number of methoxy groups -OCH3 is 1. The molecule has 0 amide bonds. The van der Waals surface area contributed by atoms with Crippen molar-refractivity contribution < 1.29 is 4.74 Å². The zero-order valence-corrected chi connectivity index (χ0v) is 16.0. The summed E-state index contributed by atoms with van der Waals surface area (Å²) in [4.78, 5) is 2.06. The molecule has 1 aliphatic heterocycles. The van der Waals surface area contributed by atoms with Crippen LogP contribution in [0.5, 0.6) is 0 Å². The Balaban J connectivity index is 1.91. The van der Waals surface area contributed by atoms with E-state index in [9.17, 15) is 0 Å². The molecule has 0 fully saturated rings. The van der Waals surface area contributed by atoms with Crippen LogP contribution in [-0.4, -0.2) is 18.2 Å². The van der Waals surface area contributed by atoms with Crippen molar-refractivity contribution in [2.45, 2.75) is 24.9 Å². The number of ether oxygens (including phenoxy) is 1. The Morgan fingerprint density at radius 2 is 1.77 bits per heavy atom. The molecule has 132 valence electrons. The largest absolute Gasteiger partial charge is 0.366 e. The van der Waals surface area contributed by atoms with Crippen molar-refractivity contribution in [3.05, 3.63) is 78.5 Å². The number of alkyl halides is 1. The third-order valence-corrected chi connectivity index (χ3v) is 4.65. The number of para-hydroxylation sites is 1. The van der Waals surface area contributed by atoms with Gasteiger partial charge in [0, 0.05) is 24.4 Å². The molecule has 1 heterocycles. The van der Waals surface area contributed by atoms with Crippen LogP contribution in [0.1, 0.15) is 19.4 Å². The Morgan fingerprint density at radius 3 is 2.46 bits per heavy atom. The van der Waals surface area contributed by atoms with Crippen LogP contribution >= 0.6 is 11.6 Å². The van der Waals surface area contributed by atoms with Crippen molar-refractivity contribution in [2.75, 3.05) is 12.0 Å². The summed E-state index contributed by atoms with van der Waals surface area (Å²) in [7, 11) is 1.67. The van der Waals surface area contributed by atoms with Gasteiger partial charge in [-0.2, -0.15) is 0 Å². The molecular formula is C23H22ClNO. The molecule has 0 saturated carbocycles. The van der Waals surface area contributed by atoms with E-state index in [1.54, 1.807) is 7.11 Å². The van der Waals surface area contributed by atoms with Crippen LogP contribution in [-0.2, 0) is 4.74 Å². The number of anilines is 1. The summed E-state index contributed by atoms with van der Waals surface area (Å²) >= 11 is 6.46. The highest BCUT2D eigenvalue weighted by molar-refractivity contribution is 6.23. The van der Waals surface area contributed by atoms with Crippen LogP contribution in [0.3, 0.4) is 0 Å². The maximum atomic E-state index is 6.46. The molecule has 2 aromatic carbocycles. The quantitative estimate of drug-likeness (QED) is 0.400. The minimum Gasteiger partial charge on any atom is -0.366 e. The first-order valence-corrected chi connectivity index (χ1v) is 8.99. The fourth-order valence-corrected chi connectivity index (χ4v) is 2.89. The number of hydrogen-bond acceptors (Lipinski definition) is 2. The van der Waals surface area contributed by atoms with Crippen LogP contribution in [0.15, 0.2) is 73.0 Å². The van der Waals surface area contributed by atoms with Gasteiger partial charge < -0.3 is 9.64 Å². The maximum Gasteiger partial charge on any atom is 0.127 e. The Kier molecular flexibility index (Phi) is 5.52. The van der Waals surface area contributed by atoms with E-state index in [1.165, 1.54) is 0 Å². The van der Waals surface area contributed by atoms with Gasteiger partial charge in [0.15, 0.2) is 0 Å². The number of hydrogen-bond donors (Lipinski definition) is 0. The van der Waals surface area contributed by atoms with Gasteiger partial charge in [-0.15, -0.1) is 0 Å². The predicted octanol–water partition coefficient (Wildman–Crippen LogP) is 5.58. The molecule has 0 bridgehead atoms. The molecule has 0 aromatic heterocycles. The molecule has 1 unspecified atom stereocenters. The van der Waals surface area contributed by atoms with E-state index >= 15 is 0 Å². The van der Waals surface area contributed by atoms with Crippen molar-refractivity contribution in [3.8, 4) is 23.0 Å². The lowest BCUT2D eigenvalue weighted by Crippen LogP contribution is -2.25. The lowest BCUT2D eigenvalue weighted by molar-refractivity contribution is 0.0742. The number of nitrogens with zero attached hydrogens (tertiary/aromatic N) is 1. The monoisotopic (exact) mass is 363 g/mol. The van der Waals surface area contributed by atoms with Crippen LogP contribution in [0, 0.1) is 11.8 Å². The van der Waals surface area contributed by atoms with Crippen LogP contribution in [0.4, 0.5) is 5.69 Å². The van der Waals surface area contributed by atoms with Crippen molar-refractivity contribution in [3.63, 3.8) is 0 Å². The first kappa shape index (κ1) is 18.3. The minimum atomic E-state index is -0.450. The first-order chi connectivity index (χ1) is 12.5. The molecule has 26 heavy (non-hydrogen) atoms.